The molecule has 0 atom stereocenters. The topological polar surface area (TPSA) is 12.9 Å². The van der Waals surface area contributed by atoms with Crippen LogP contribution < -0.4 is 0 Å². The summed E-state index contributed by atoms with van der Waals surface area (Å²) in [5.74, 6) is 0. The van der Waals surface area contributed by atoms with Crippen LogP contribution in [0.5, 0.6) is 0 Å². The third-order valence-electron chi connectivity index (χ3n) is 4.85. The molecule has 3 aromatic carbocycles. The van der Waals surface area contributed by atoms with Crippen LogP contribution in [-0.2, 0) is 5.41 Å². The van der Waals surface area contributed by atoms with Crippen molar-refractivity contribution in [1.29, 1.82) is 0 Å². The van der Waals surface area contributed by atoms with E-state index in [2.05, 4.69) is 106 Å². The summed E-state index contributed by atoms with van der Waals surface area (Å²) in [6, 6.07) is 29.9. The Morgan fingerprint density at radius 1 is 0.654 bits per heavy atom. The molecular formula is C25H23N. The minimum absolute atomic E-state index is 0.157. The predicted octanol–water partition coefficient (Wildman–Crippen LogP) is 6.87. The summed E-state index contributed by atoms with van der Waals surface area (Å²) in [5.41, 5.74) is 7.15. The van der Waals surface area contributed by atoms with Gasteiger partial charge < -0.3 is 0 Å². The van der Waals surface area contributed by atoms with E-state index in [4.69, 9.17) is 4.98 Å². The van der Waals surface area contributed by atoms with Gasteiger partial charge in [0.05, 0.1) is 11.2 Å². The summed E-state index contributed by atoms with van der Waals surface area (Å²) in [7, 11) is 0. The number of pyridine rings is 1. The van der Waals surface area contributed by atoms with E-state index in [0.29, 0.717) is 0 Å². The molecule has 0 N–H and O–H groups in total. The highest BCUT2D eigenvalue weighted by atomic mass is 14.7. The van der Waals surface area contributed by atoms with E-state index in [1.807, 2.05) is 0 Å². The third kappa shape index (κ3) is 3.13. The van der Waals surface area contributed by atoms with E-state index in [-0.39, 0.29) is 5.41 Å². The molecule has 26 heavy (non-hydrogen) atoms. The van der Waals surface area contributed by atoms with E-state index >= 15 is 0 Å². The van der Waals surface area contributed by atoms with Gasteiger partial charge in [0.25, 0.3) is 0 Å². The van der Waals surface area contributed by atoms with Crippen LogP contribution in [0, 0.1) is 0 Å². The predicted molar refractivity (Wildman–Crippen MR) is 111 cm³/mol. The molecule has 0 aliphatic rings. The molecule has 0 unspecified atom stereocenters. The first-order chi connectivity index (χ1) is 12.5. The minimum atomic E-state index is 0.157. The van der Waals surface area contributed by atoms with Gasteiger partial charge in [-0.05, 0) is 34.2 Å². The zero-order chi connectivity index (χ0) is 18.1. The summed E-state index contributed by atoms with van der Waals surface area (Å²) >= 11 is 0. The third-order valence-corrected chi connectivity index (χ3v) is 4.85. The highest BCUT2D eigenvalue weighted by Gasteiger charge is 2.14. The Kier molecular flexibility index (Phi) is 4.08. The van der Waals surface area contributed by atoms with Crippen molar-refractivity contribution in [2.24, 2.45) is 0 Å². The van der Waals surface area contributed by atoms with E-state index in [9.17, 15) is 0 Å². The van der Waals surface area contributed by atoms with Crippen LogP contribution in [0.25, 0.3) is 33.3 Å². The van der Waals surface area contributed by atoms with Crippen molar-refractivity contribution < 1.29 is 0 Å². The van der Waals surface area contributed by atoms with Crippen molar-refractivity contribution in [3.8, 4) is 22.4 Å². The quantitative estimate of drug-likeness (QED) is 0.389. The number of benzene rings is 3. The summed E-state index contributed by atoms with van der Waals surface area (Å²) in [4.78, 5) is 4.92. The van der Waals surface area contributed by atoms with Gasteiger partial charge in [-0.1, -0.05) is 93.6 Å². The smallest absolute Gasteiger partial charge is 0.0715 e. The van der Waals surface area contributed by atoms with Crippen LogP contribution in [0.3, 0.4) is 0 Å². The van der Waals surface area contributed by atoms with Crippen LogP contribution in [0.1, 0.15) is 26.3 Å². The molecular weight excluding hydrogens is 314 g/mol. The largest absolute Gasteiger partial charge is 0.248 e. The fourth-order valence-corrected chi connectivity index (χ4v) is 3.32. The fraction of sp³-hybridized carbons (Fsp3) is 0.160. The molecule has 0 aliphatic carbocycles. The Morgan fingerprint density at radius 2 is 1.31 bits per heavy atom. The van der Waals surface area contributed by atoms with Crippen molar-refractivity contribution in [2.45, 2.75) is 26.2 Å². The molecule has 0 bridgehead atoms. The van der Waals surface area contributed by atoms with Gasteiger partial charge >= 0.3 is 0 Å². The zero-order valence-electron chi connectivity index (χ0n) is 15.5. The summed E-state index contributed by atoms with van der Waals surface area (Å²) in [6.07, 6.45) is 0. The van der Waals surface area contributed by atoms with Crippen LogP contribution in [0.15, 0.2) is 84.9 Å². The molecule has 0 saturated heterocycles. The van der Waals surface area contributed by atoms with Crippen molar-refractivity contribution in [3.63, 3.8) is 0 Å². The molecule has 0 amide bonds. The maximum atomic E-state index is 4.92. The van der Waals surface area contributed by atoms with Crippen LogP contribution in [0.2, 0.25) is 0 Å². The number of aromatic nitrogens is 1. The fourth-order valence-electron chi connectivity index (χ4n) is 3.32. The van der Waals surface area contributed by atoms with E-state index < -0.39 is 0 Å². The normalized spacial score (nSPS) is 11.7. The standard InChI is InChI=1S/C25H23N/c1-25(2,3)20-15-13-19(14-16-20)24-17-22(18-9-5-4-6-10-18)21-11-7-8-12-23(21)26-24/h4-17H,1-3H3. The molecule has 0 fully saturated rings. The lowest BCUT2D eigenvalue weighted by molar-refractivity contribution is 0.590. The average molecular weight is 337 g/mol. The number of rotatable bonds is 2. The monoisotopic (exact) mass is 337 g/mol. The van der Waals surface area contributed by atoms with Crippen molar-refractivity contribution in [1.82, 2.24) is 4.98 Å². The van der Waals surface area contributed by atoms with Crippen molar-refractivity contribution in [3.05, 3.63) is 90.5 Å². The Bertz CT molecular complexity index is 1040. The molecule has 4 rings (SSSR count). The second kappa shape index (κ2) is 6.42. The van der Waals surface area contributed by atoms with Crippen molar-refractivity contribution in [2.75, 3.05) is 0 Å². The Balaban J connectivity index is 1.89. The average Bonchev–Trinajstić information content (AvgIpc) is 2.67. The second-order valence-electron chi connectivity index (χ2n) is 7.77. The van der Waals surface area contributed by atoms with Gasteiger partial charge in [-0.2, -0.15) is 0 Å². The van der Waals surface area contributed by atoms with E-state index in [1.165, 1.54) is 22.1 Å². The summed E-state index contributed by atoms with van der Waals surface area (Å²) < 4.78 is 0. The zero-order valence-corrected chi connectivity index (χ0v) is 15.5. The Morgan fingerprint density at radius 3 is 2.00 bits per heavy atom. The molecule has 1 heterocycles. The first-order valence-electron chi connectivity index (χ1n) is 9.08. The molecule has 0 aliphatic heterocycles. The lowest BCUT2D eigenvalue weighted by atomic mass is 9.86. The number of hydrogen-bond acceptors (Lipinski definition) is 1. The van der Waals surface area contributed by atoms with Gasteiger partial charge in [-0.15, -0.1) is 0 Å². The first-order valence-corrected chi connectivity index (χ1v) is 9.08. The van der Waals surface area contributed by atoms with Crippen molar-refractivity contribution >= 4 is 10.9 Å². The van der Waals surface area contributed by atoms with Crippen LogP contribution in [0.4, 0.5) is 0 Å². The van der Waals surface area contributed by atoms with Gasteiger partial charge in [0, 0.05) is 10.9 Å². The number of hydrogen-bond donors (Lipinski definition) is 0. The van der Waals surface area contributed by atoms with Gasteiger partial charge in [0.1, 0.15) is 0 Å². The van der Waals surface area contributed by atoms with Gasteiger partial charge in [0.2, 0.25) is 0 Å². The van der Waals surface area contributed by atoms with E-state index in [0.717, 1.165) is 16.8 Å². The van der Waals surface area contributed by atoms with E-state index in [1.54, 1.807) is 0 Å². The summed E-state index contributed by atoms with van der Waals surface area (Å²) in [5, 5.41) is 1.19. The molecule has 1 nitrogen and oxygen atoms in total. The van der Waals surface area contributed by atoms with Gasteiger partial charge in [-0.25, -0.2) is 4.98 Å². The number of nitrogens with zero attached hydrogens (tertiary/aromatic N) is 1. The van der Waals surface area contributed by atoms with Crippen LogP contribution >= 0.6 is 0 Å². The Hall–Kier alpha value is -2.93. The molecule has 1 aromatic heterocycles. The molecule has 0 radical (unpaired) electrons. The molecule has 128 valence electrons. The lowest BCUT2D eigenvalue weighted by Crippen LogP contribution is -2.10. The molecule has 1 heteroatoms. The number of fused-ring (bicyclic) bond motifs is 1. The number of para-hydroxylation sites is 1. The molecule has 4 aromatic rings. The maximum absolute atomic E-state index is 4.92. The highest BCUT2D eigenvalue weighted by Crippen LogP contribution is 2.32. The SMILES string of the molecule is CC(C)(C)c1ccc(-c2cc(-c3ccccc3)c3ccccc3n2)cc1. The lowest BCUT2D eigenvalue weighted by Gasteiger charge is -2.19. The summed E-state index contributed by atoms with van der Waals surface area (Å²) in [6.45, 7) is 6.72. The maximum Gasteiger partial charge on any atom is 0.0715 e. The minimum Gasteiger partial charge on any atom is -0.248 e. The van der Waals surface area contributed by atoms with Gasteiger partial charge in [-0.3, -0.25) is 0 Å². The van der Waals surface area contributed by atoms with Crippen LogP contribution in [-0.4, -0.2) is 4.98 Å². The second-order valence-corrected chi connectivity index (χ2v) is 7.77. The first kappa shape index (κ1) is 16.5. The Labute approximate surface area is 155 Å². The van der Waals surface area contributed by atoms with Gasteiger partial charge in [0.15, 0.2) is 0 Å². The molecule has 0 spiro atoms. The highest BCUT2D eigenvalue weighted by molar-refractivity contribution is 5.96. The molecule has 0 saturated carbocycles.